The third kappa shape index (κ3) is 2.66. The molecule has 1 fully saturated rings. The summed E-state index contributed by atoms with van der Waals surface area (Å²) < 4.78 is 10.3. The van der Waals surface area contributed by atoms with E-state index in [0.29, 0.717) is 25.0 Å². The van der Waals surface area contributed by atoms with E-state index in [2.05, 4.69) is 5.32 Å². The molecule has 0 radical (unpaired) electrons. The van der Waals surface area contributed by atoms with E-state index in [1.165, 1.54) is 12.7 Å². The molecular weight excluding hydrogens is 208 g/mol. The van der Waals surface area contributed by atoms with Gasteiger partial charge in [-0.2, -0.15) is 0 Å². The van der Waals surface area contributed by atoms with Crippen molar-refractivity contribution in [3.63, 3.8) is 0 Å². The summed E-state index contributed by atoms with van der Waals surface area (Å²) in [7, 11) is 1.79. The lowest BCUT2D eigenvalue weighted by molar-refractivity contribution is -0.131. The van der Waals surface area contributed by atoms with Gasteiger partial charge in [-0.25, -0.2) is 0 Å². The highest BCUT2D eigenvalue weighted by atomic mass is 16.6. The van der Waals surface area contributed by atoms with Crippen LogP contribution in [0.4, 0.5) is 0 Å². The molecule has 5 nitrogen and oxygen atoms in total. The van der Waals surface area contributed by atoms with Gasteiger partial charge in [-0.15, -0.1) is 0 Å². The van der Waals surface area contributed by atoms with Gasteiger partial charge in [-0.1, -0.05) is 0 Å². The van der Waals surface area contributed by atoms with E-state index in [1.807, 2.05) is 0 Å². The molecule has 0 aromatic carbocycles. The quantitative estimate of drug-likeness (QED) is 0.740. The van der Waals surface area contributed by atoms with Crippen LogP contribution in [0.5, 0.6) is 0 Å². The topological polar surface area (TPSA) is 50.8 Å². The smallest absolute Gasteiger partial charge is 0.292 e. The van der Waals surface area contributed by atoms with Crippen molar-refractivity contribution < 1.29 is 14.3 Å². The molecule has 1 amide bonds. The first-order chi connectivity index (χ1) is 7.77. The second-order valence-corrected chi connectivity index (χ2v) is 4.18. The maximum absolute atomic E-state index is 11.9. The maximum atomic E-state index is 11.9. The average Bonchev–Trinajstić information content (AvgIpc) is 2.82. The highest BCUT2D eigenvalue weighted by Crippen LogP contribution is 2.10. The van der Waals surface area contributed by atoms with Gasteiger partial charge in [-0.3, -0.25) is 4.79 Å². The second-order valence-electron chi connectivity index (χ2n) is 4.18. The van der Waals surface area contributed by atoms with Crippen molar-refractivity contribution in [1.29, 1.82) is 0 Å². The molecule has 16 heavy (non-hydrogen) atoms. The number of hydrogen-bond donors (Lipinski definition) is 1. The molecule has 2 heterocycles. The van der Waals surface area contributed by atoms with Crippen LogP contribution in [0.25, 0.3) is 0 Å². The highest BCUT2D eigenvalue weighted by molar-refractivity contribution is 5.91. The van der Waals surface area contributed by atoms with Crippen molar-refractivity contribution in [1.82, 2.24) is 10.2 Å². The largest absolute Gasteiger partial charge is 0.494 e. The molecule has 0 bridgehead atoms. The molecule has 2 aliphatic heterocycles. The minimum Gasteiger partial charge on any atom is -0.494 e. The normalized spacial score (nSPS) is 24.3. The molecule has 1 saturated heterocycles. The lowest BCUT2D eigenvalue weighted by Crippen LogP contribution is -2.40. The molecule has 0 aliphatic carbocycles. The van der Waals surface area contributed by atoms with Gasteiger partial charge in [0.05, 0.1) is 0 Å². The zero-order valence-corrected chi connectivity index (χ0v) is 9.57. The summed E-state index contributed by atoms with van der Waals surface area (Å²) in [4.78, 5) is 13.6. The Hall–Kier alpha value is -1.23. The number of nitrogens with zero attached hydrogens (tertiary/aromatic N) is 1. The fourth-order valence-electron chi connectivity index (χ4n) is 1.99. The SMILES string of the molecule is CN(CC1CCCN1)C(=O)C1=COCCO1. The van der Waals surface area contributed by atoms with Crippen molar-refractivity contribution in [2.45, 2.75) is 18.9 Å². The Bertz CT molecular complexity index is 285. The molecule has 0 aromatic rings. The van der Waals surface area contributed by atoms with E-state index >= 15 is 0 Å². The number of carbonyl (C=O) groups excluding carboxylic acids is 1. The van der Waals surface area contributed by atoms with Crippen LogP contribution < -0.4 is 5.32 Å². The average molecular weight is 226 g/mol. The summed E-state index contributed by atoms with van der Waals surface area (Å²) in [6.07, 6.45) is 3.73. The molecule has 1 N–H and O–H groups in total. The van der Waals surface area contributed by atoms with Crippen LogP contribution in [0.2, 0.25) is 0 Å². The van der Waals surface area contributed by atoms with Crippen LogP contribution in [-0.4, -0.2) is 50.2 Å². The highest BCUT2D eigenvalue weighted by Gasteiger charge is 2.23. The van der Waals surface area contributed by atoms with Crippen molar-refractivity contribution in [3.8, 4) is 0 Å². The number of amides is 1. The predicted octanol–water partition coefficient (Wildman–Crippen LogP) is 0.0850. The maximum Gasteiger partial charge on any atom is 0.292 e. The van der Waals surface area contributed by atoms with Gasteiger partial charge in [0.1, 0.15) is 19.5 Å². The number of ether oxygens (including phenoxy) is 2. The molecule has 90 valence electrons. The number of rotatable bonds is 3. The summed E-state index contributed by atoms with van der Waals surface area (Å²) in [5, 5.41) is 3.36. The first kappa shape index (κ1) is 11.3. The van der Waals surface area contributed by atoms with Gasteiger partial charge >= 0.3 is 0 Å². The number of carbonyl (C=O) groups is 1. The van der Waals surface area contributed by atoms with E-state index < -0.39 is 0 Å². The number of likely N-dealkylation sites (N-methyl/N-ethyl adjacent to an activating group) is 1. The van der Waals surface area contributed by atoms with Crippen LogP contribution in [-0.2, 0) is 14.3 Å². The number of nitrogens with one attached hydrogen (secondary N) is 1. The van der Waals surface area contributed by atoms with E-state index in [9.17, 15) is 4.79 Å². The van der Waals surface area contributed by atoms with Crippen LogP contribution in [0.15, 0.2) is 12.0 Å². The van der Waals surface area contributed by atoms with Crippen molar-refractivity contribution in [2.24, 2.45) is 0 Å². The fourth-order valence-corrected chi connectivity index (χ4v) is 1.99. The zero-order chi connectivity index (χ0) is 11.4. The second kappa shape index (κ2) is 5.21. The molecule has 2 rings (SSSR count). The Morgan fingerprint density at radius 3 is 3.12 bits per heavy atom. The molecule has 0 aromatic heterocycles. The van der Waals surface area contributed by atoms with Crippen LogP contribution in [0, 0.1) is 0 Å². The van der Waals surface area contributed by atoms with E-state index in [1.54, 1.807) is 11.9 Å². The van der Waals surface area contributed by atoms with Crippen LogP contribution in [0.1, 0.15) is 12.8 Å². The predicted molar refractivity (Wildman–Crippen MR) is 58.6 cm³/mol. The third-order valence-corrected chi connectivity index (χ3v) is 2.86. The van der Waals surface area contributed by atoms with Gasteiger partial charge in [0.15, 0.2) is 0 Å². The Morgan fingerprint density at radius 1 is 1.62 bits per heavy atom. The lowest BCUT2D eigenvalue weighted by atomic mass is 10.2. The van der Waals surface area contributed by atoms with Gasteiger partial charge in [0.25, 0.3) is 5.91 Å². The van der Waals surface area contributed by atoms with Crippen LogP contribution in [0.3, 0.4) is 0 Å². The standard InChI is InChI=1S/C11H18N2O3/c1-13(7-9-3-2-4-12-9)11(14)10-8-15-5-6-16-10/h8-9,12H,2-7H2,1H3. The lowest BCUT2D eigenvalue weighted by Gasteiger charge is -2.23. The molecule has 0 saturated carbocycles. The Labute approximate surface area is 95.4 Å². The molecular formula is C11H18N2O3. The Kier molecular flexibility index (Phi) is 3.66. The minimum absolute atomic E-state index is 0.103. The van der Waals surface area contributed by atoms with Gasteiger partial charge in [0, 0.05) is 19.6 Å². The molecule has 0 spiro atoms. The Balaban J connectivity index is 1.85. The van der Waals surface area contributed by atoms with Gasteiger partial charge in [-0.05, 0) is 19.4 Å². The third-order valence-electron chi connectivity index (χ3n) is 2.86. The van der Waals surface area contributed by atoms with Crippen molar-refractivity contribution >= 4 is 5.91 Å². The monoisotopic (exact) mass is 226 g/mol. The summed E-state index contributed by atoms with van der Waals surface area (Å²) >= 11 is 0. The van der Waals surface area contributed by atoms with Crippen molar-refractivity contribution in [2.75, 3.05) is 33.4 Å². The summed E-state index contributed by atoms with van der Waals surface area (Å²) in [5.74, 6) is 0.208. The molecule has 2 aliphatic rings. The molecule has 1 atom stereocenters. The molecule has 5 heteroatoms. The minimum atomic E-state index is -0.103. The van der Waals surface area contributed by atoms with Gasteiger partial charge < -0.3 is 19.7 Å². The van der Waals surface area contributed by atoms with Crippen molar-refractivity contribution in [3.05, 3.63) is 12.0 Å². The first-order valence-corrected chi connectivity index (χ1v) is 5.71. The molecule has 1 unspecified atom stereocenters. The van der Waals surface area contributed by atoms with Gasteiger partial charge in [0.2, 0.25) is 5.76 Å². The first-order valence-electron chi connectivity index (χ1n) is 5.71. The zero-order valence-electron chi connectivity index (χ0n) is 9.57. The fraction of sp³-hybridized carbons (Fsp3) is 0.727. The van der Waals surface area contributed by atoms with E-state index in [4.69, 9.17) is 9.47 Å². The number of hydrogen-bond acceptors (Lipinski definition) is 4. The summed E-state index contributed by atoms with van der Waals surface area (Å²) in [6.45, 7) is 2.74. The van der Waals surface area contributed by atoms with E-state index in [0.717, 1.165) is 19.5 Å². The Morgan fingerprint density at radius 2 is 2.50 bits per heavy atom. The van der Waals surface area contributed by atoms with Crippen LogP contribution >= 0.6 is 0 Å². The van der Waals surface area contributed by atoms with E-state index in [-0.39, 0.29) is 5.91 Å². The summed E-state index contributed by atoms with van der Waals surface area (Å²) in [6, 6.07) is 0.416. The summed E-state index contributed by atoms with van der Waals surface area (Å²) in [5.41, 5.74) is 0.